The Bertz CT molecular complexity index is 771. The van der Waals surface area contributed by atoms with Crippen molar-refractivity contribution in [3.8, 4) is 0 Å². The lowest BCUT2D eigenvalue weighted by molar-refractivity contribution is -0.140. The third-order valence-corrected chi connectivity index (χ3v) is 7.33. The van der Waals surface area contributed by atoms with E-state index in [1.54, 1.807) is 14.0 Å². The minimum absolute atomic E-state index is 0. The lowest BCUT2D eigenvalue weighted by atomic mass is 10.1. The van der Waals surface area contributed by atoms with Crippen LogP contribution in [0.4, 0.5) is 0 Å². The first-order chi connectivity index (χ1) is 12.8. The average molecular weight is 434 g/mol. The lowest BCUT2D eigenvalue weighted by Gasteiger charge is -2.34. The van der Waals surface area contributed by atoms with E-state index in [0.717, 1.165) is 12.1 Å². The van der Waals surface area contributed by atoms with Gasteiger partial charge in [0.05, 0.1) is 6.61 Å². The maximum absolute atomic E-state index is 12.9. The van der Waals surface area contributed by atoms with Crippen LogP contribution in [0, 0.1) is 5.92 Å². The maximum atomic E-state index is 12.9. The van der Waals surface area contributed by atoms with E-state index in [2.05, 4.69) is 9.62 Å². The molecule has 1 aliphatic carbocycles. The summed E-state index contributed by atoms with van der Waals surface area (Å²) in [4.78, 5) is 14.2. The molecule has 0 amide bonds. The number of methoxy groups -OCH3 is 1. The topological polar surface area (TPSA) is 99.2 Å². The van der Waals surface area contributed by atoms with Crippen LogP contribution in [0.1, 0.15) is 18.4 Å². The van der Waals surface area contributed by atoms with Crippen molar-refractivity contribution < 1.29 is 23.1 Å². The van der Waals surface area contributed by atoms with E-state index in [1.165, 1.54) is 4.31 Å². The van der Waals surface area contributed by atoms with Gasteiger partial charge in [0, 0.05) is 45.8 Å². The van der Waals surface area contributed by atoms with E-state index < -0.39 is 21.7 Å². The Kier molecular flexibility index (Phi) is 7.46. The van der Waals surface area contributed by atoms with Gasteiger partial charge in [-0.25, -0.2) is 0 Å². The van der Waals surface area contributed by atoms with Gasteiger partial charge in [-0.1, -0.05) is 37.3 Å². The predicted octanol–water partition coefficient (Wildman–Crippen LogP) is 0.764. The quantitative estimate of drug-likeness (QED) is 0.628. The number of rotatable bonds is 8. The number of piperazine rings is 1. The fourth-order valence-corrected chi connectivity index (χ4v) is 5.59. The van der Waals surface area contributed by atoms with Crippen LogP contribution in [-0.2, 0) is 19.7 Å². The fraction of sp³-hybridized carbons (Fsp3) is 0.611. The maximum Gasteiger partial charge on any atom is 0.325 e. The van der Waals surface area contributed by atoms with Crippen LogP contribution >= 0.6 is 12.4 Å². The Balaban J connectivity index is 0.00000280. The minimum atomic E-state index is -3.90. The van der Waals surface area contributed by atoms with Crippen LogP contribution in [0.5, 0.6) is 0 Å². The molecule has 2 fully saturated rings. The molecule has 2 aliphatic rings. The summed E-state index contributed by atoms with van der Waals surface area (Å²) >= 11 is 0. The normalized spacial score (nSPS) is 28.5. The van der Waals surface area contributed by atoms with Crippen LogP contribution in [0.2, 0.25) is 0 Å². The molecule has 1 aromatic rings. The summed E-state index contributed by atoms with van der Waals surface area (Å²) in [6, 6.07) is 9.21. The van der Waals surface area contributed by atoms with Crippen molar-refractivity contribution in [1.29, 1.82) is 0 Å². The van der Waals surface area contributed by atoms with Gasteiger partial charge in [0.25, 0.3) is 10.2 Å². The van der Waals surface area contributed by atoms with E-state index >= 15 is 0 Å². The van der Waals surface area contributed by atoms with Crippen molar-refractivity contribution in [2.45, 2.75) is 18.4 Å². The van der Waals surface area contributed by atoms with Gasteiger partial charge in [-0.05, 0) is 11.5 Å². The van der Waals surface area contributed by atoms with E-state index in [9.17, 15) is 18.3 Å². The molecule has 2 N–H and O–H groups in total. The molecule has 28 heavy (non-hydrogen) atoms. The highest BCUT2D eigenvalue weighted by Gasteiger charge is 2.70. The van der Waals surface area contributed by atoms with Gasteiger partial charge in [-0.15, -0.1) is 12.4 Å². The molecule has 0 bridgehead atoms. The molecule has 1 unspecified atom stereocenters. The number of nitrogens with zero attached hydrogens (tertiary/aromatic N) is 2. The lowest BCUT2D eigenvalue weighted by Crippen LogP contribution is -2.56. The van der Waals surface area contributed by atoms with Crippen molar-refractivity contribution in [2.24, 2.45) is 5.92 Å². The average Bonchev–Trinajstić information content (AvgIpc) is 3.25. The molecule has 158 valence electrons. The van der Waals surface area contributed by atoms with E-state index in [1.807, 2.05) is 30.3 Å². The van der Waals surface area contributed by atoms with Crippen LogP contribution in [0.25, 0.3) is 0 Å². The molecule has 3 atom stereocenters. The zero-order chi connectivity index (χ0) is 19.7. The number of ether oxygens (including phenoxy) is 1. The SMILES string of the molecule is COCCN1CCN(S(=O)(=O)N[C@@]2(C(=O)O)C(C)[C@@H]2c2ccccc2)CC1.Cl. The molecule has 1 saturated carbocycles. The number of carboxylic acids is 1. The summed E-state index contributed by atoms with van der Waals surface area (Å²) in [7, 11) is -2.26. The molecule has 1 saturated heterocycles. The van der Waals surface area contributed by atoms with Gasteiger partial charge in [0.2, 0.25) is 0 Å². The summed E-state index contributed by atoms with van der Waals surface area (Å²) in [6.45, 7) is 4.99. The number of nitrogens with one attached hydrogen (secondary N) is 1. The van der Waals surface area contributed by atoms with Crippen LogP contribution < -0.4 is 4.72 Å². The summed E-state index contributed by atoms with van der Waals surface area (Å²) in [6.07, 6.45) is 0. The van der Waals surface area contributed by atoms with Crippen LogP contribution in [0.15, 0.2) is 30.3 Å². The Labute approximate surface area is 172 Å². The first-order valence-electron chi connectivity index (χ1n) is 9.11. The predicted molar refractivity (Wildman–Crippen MR) is 108 cm³/mol. The third kappa shape index (κ3) is 4.34. The molecule has 0 aromatic heterocycles. The Hall–Kier alpha value is -1.23. The molecule has 3 rings (SSSR count). The largest absolute Gasteiger partial charge is 0.480 e. The van der Waals surface area contributed by atoms with Gasteiger partial charge in [-0.3, -0.25) is 9.69 Å². The molecule has 1 heterocycles. The molecule has 0 spiro atoms. The zero-order valence-electron chi connectivity index (χ0n) is 16.1. The summed E-state index contributed by atoms with van der Waals surface area (Å²) in [5.41, 5.74) is -0.660. The second kappa shape index (κ2) is 9.06. The second-order valence-electron chi connectivity index (χ2n) is 7.19. The molecular formula is C18H28ClN3O5S. The molecule has 8 nitrogen and oxygen atoms in total. The smallest absolute Gasteiger partial charge is 0.325 e. The van der Waals surface area contributed by atoms with E-state index in [4.69, 9.17) is 4.74 Å². The van der Waals surface area contributed by atoms with Crippen molar-refractivity contribution in [3.05, 3.63) is 35.9 Å². The Morgan fingerprint density at radius 1 is 1.25 bits per heavy atom. The van der Waals surface area contributed by atoms with Gasteiger partial charge in [0.1, 0.15) is 5.54 Å². The number of hydrogen-bond donors (Lipinski definition) is 2. The fourth-order valence-electron chi connectivity index (χ4n) is 3.99. The zero-order valence-corrected chi connectivity index (χ0v) is 17.7. The van der Waals surface area contributed by atoms with Crippen molar-refractivity contribution >= 4 is 28.6 Å². The first kappa shape index (κ1) is 23.1. The Morgan fingerprint density at radius 3 is 2.39 bits per heavy atom. The summed E-state index contributed by atoms with van der Waals surface area (Å²) in [5.74, 6) is -1.84. The molecule has 0 radical (unpaired) electrons. The van der Waals surface area contributed by atoms with E-state index in [-0.39, 0.29) is 24.2 Å². The highest BCUT2D eigenvalue weighted by Crippen LogP contribution is 2.57. The van der Waals surface area contributed by atoms with Crippen molar-refractivity contribution in [1.82, 2.24) is 13.9 Å². The molecule has 1 aromatic carbocycles. The van der Waals surface area contributed by atoms with Crippen LogP contribution in [0.3, 0.4) is 0 Å². The number of benzene rings is 1. The number of halogens is 1. The minimum Gasteiger partial charge on any atom is -0.480 e. The standard InChI is InChI=1S/C18H27N3O5S.ClH/c1-14-16(15-6-4-3-5-7-15)18(14,17(22)23)19-27(24,25)21-10-8-20(9-11-21)12-13-26-2;/h3-7,14,16,19H,8-13H2,1-2H3,(H,22,23);1H/t14?,16-,18+;/m1./s1. The monoisotopic (exact) mass is 433 g/mol. The third-order valence-electron chi connectivity index (χ3n) is 5.69. The van der Waals surface area contributed by atoms with Gasteiger partial charge in [0.15, 0.2) is 0 Å². The number of aliphatic carboxylic acids is 1. The van der Waals surface area contributed by atoms with Gasteiger partial charge in [-0.2, -0.15) is 17.4 Å². The number of carbonyl (C=O) groups is 1. The number of carboxylic acid groups (broad SMARTS) is 1. The van der Waals surface area contributed by atoms with Gasteiger partial charge < -0.3 is 9.84 Å². The summed E-state index contributed by atoms with van der Waals surface area (Å²) in [5, 5.41) is 9.84. The van der Waals surface area contributed by atoms with Gasteiger partial charge >= 0.3 is 5.97 Å². The van der Waals surface area contributed by atoms with Crippen molar-refractivity contribution in [3.63, 3.8) is 0 Å². The van der Waals surface area contributed by atoms with Crippen LogP contribution in [-0.4, -0.2) is 80.7 Å². The second-order valence-corrected chi connectivity index (χ2v) is 8.86. The van der Waals surface area contributed by atoms with E-state index in [0.29, 0.717) is 32.8 Å². The Morgan fingerprint density at radius 2 is 1.86 bits per heavy atom. The summed E-state index contributed by atoms with van der Waals surface area (Å²) < 4.78 is 34.7. The van der Waals surface area contributed by atoms with Crippen molar-refractivity contribution in [2.75, 3.05) is 46.4 Å². The number of hydrogen-bond acceptors (Lipinski definition) is 5. The first-order valence-corrected chi connectivity index (χ1v) is 10.6. The molecule has 10 heteroatoms. The highest BCUT2D eigenvalue weighted by atomic mass is 35.5. The highest BCUT2D eigenvalue weighted by molar-refractivity contribution is 7.87. The molecule has 1 aliphatic heterocycles. The molecular weight excluding hydrogens is 406 g/mol.